The van der Waals surface area contributed by atoms with Crippen LogP contribution in [-0.2, 0) is 0 Å². The number of fused-ring (bicyclic) bond motifs is 1. The highest BCUT2D eigenvalue weighted by molar-refractivity contribution is 6.02. The Kier molecular flexibility index (Phi) is 7.11. The summed E-state index contributed by atoms with van der Waals surface area (Å²) in [6, 6.07) is 8.41. The molecule has 0 unspecified atom stereocenters. The summed E-state index contributed by atoms with van der Waals surface area (Å²) in [5.41, 5.74) is 3.63. The van der Waals surface area contributed by atoms with E-state index in [1.807, 2.05) is 12.2 Å². The number of allylic oxidation sites excluding steroid dienone is 3. The van der Waals surface area contributed by atoms with Crippen LogP contribution in [0, 0.1) is 0 Å². The van der Waals surface area contributed by atoms with Crippen molar-refractivity contribution < 1.29 is 9.90 Å². The summed E-state index contributed by atoms with van der Waals surface area (Å²) in [5.74, 6) is 0.795. The quantitative estimate of drug-likeness (QED) is 0.357. The van der Waals surface area contributed by atoms with Crippen molar-refractivity contribution in [3.05, 3.63) is 65.8 Å². The standard InChI is InChI=1S/C25H30N8O2/c1-17(32-13-11-27-12-14-32)5-10-22(26-2)29-25-28-16-19-15-21(24(35)31(3)4)23(33(19)30-25)18-6-8-20(34)9-7-18/h5-10,15-16,27,34H,2,11-14H2,1,3-4H3,(H,29,30)/b17-5+,22-10+. The molecule has 0 saturated carbocycles. The van der Waals surface area contributed by atoms with Crippen LogP contribution in [0.5, 0.6) is 5.75 Å². The molecule has 0 atom stereocenters. The lowest BCUT2D eigenvalue weighted by Crippen LogP contribution is -2.42. The number of carbonyl (C=O) groups is 1. The van der Waals surface area contributed by atoms with Crippen molar-refractivity contribution >= 4 is 24.1 Å². The molecule has 1 saturated heterocycles. The third-order valence-electron chi connectivity index (χ3n) is 5.80. The fourth-order valence-corrected chi connectivity index (χ4v) is 3.90. The summed E-state index contributed by atoms with van der Waals surface area (Å²) in [5, 5.41) is 20.8. The van der Waals surface area contributed by atoms with Gasteiger partial charge in [-0.05, 0) is 56.1 Å². The minimum absolute atomic E-state index is 0.142. The third-order valence-corrected chi connectivity index (χ3v) is 5.80. The van der Waals surface area contributed by atoms with Gasteiger partial charge in [0.05, 0.1) is 23.0 Å². The van der Waals surface area contributed by atoms with E-state index in [0.29, 0.717) is 28.5 Å². The molecule has 10 nitrogen and oxygen atoms in total. The van der Waals surface area contributed by atoms with Gasteiger partial charge in [-0.1, -0.05) is 0 Å². The first-order chi connectivity index (χ1) is 16.9. The fourth-order valence-electron chi connectivity index (χ4n) is 3.90. The molecule has 3 heterocycles. The van der Waals surface area contributed by atoms with Gasteiger partial charge in [-0.3, -0.25) is 4.79 Å². The van der Waals surface area contributed by atoms with E-state index in [2.05, 4.69) is 44.2 Å². The van der Waals surface area contributed by atoms with Gasteiger partial charge < -0.3 is 25.5 Å². The summed E-state index contributed by atoms with van der Waals surface area (Å²) < 4.78 is 1.67. The van der Waals surface area contributed by atoms with Crippen molar-refractivity contribution in [1.82, 2.24) is 29.7 Å². The van der Waals surface area contributed by atoms with Crippen molar-refractivity contribution in [2.45, 2.75) is 6.92 Å². The highest BCUT2D eigenvalue weighted by atomic mass is 16.3. The number of aromatic hydroxyl groups is 1. The highest BCUT2D eigenvalue weighted by Gasteiger charge is 2.21. The molecule has 1 amide bonds. The Morgan fingerprint density at radius 1 is 1.23 bits per heavy atom. The lowest BCUT2D eigenvalue weighted by molar-refractivity contribution is 0.0828. The van der Waals surface area contributed by atoms with E-state index < -0.39 is 0 Å². The molecular weight excluding hydrogens is 444 g/mol. The maximum Gasteiger partial charge on any atom is 0.255 e. The highest BCUT2D eigenvalue weighted by Crippen LogP contribution is 2.29. The lowest BCUT2D eigenvalue weighted by atomic mass is 10.1. The number of nitrogens with one attached hydrogen (secondary N) is 2. The maximum atomic E-state index is 12.9. The molecule has 35 heavy (non-hydrogen) atoms. The molecule has 10 heteroatoms. The van der Waals surface area contributed by atoms with E-state index in [9.17, 15) is 9.90 Å². The number of phenolic OH excluding ortho intramolecular Hbond substituents is 1. The Hall–Kier alpha value is -4.18. The Bertz CT molecular complexity index is 1280. The van der Waals surface area contributed by atoms with Crippen molar-refractivity contribution in [1.29, 1.82) is 0 Å². The molecular formula is C25H30N8O2. The number of phenols is 1. The summed E-state index contributed by atoms with van der Waals surface area (Å²) >= 11 is 0. The summed E-state index contributed by atoms with van der Waals surface area (Å²) in [4.78, 5) is 25.2. The normalized spacial score (nSPS) is 14.8. The number of amides is 1. The second kappa shape index (κ2) is 10.4. The topological polar surface area (TPSA) is 110 Å². The van der Waals surface area contributed by atoms with Crippen LogP contribution >= 0.6 is 0 Å². The Labute approximate surface area is 204 Å². The van der Waals surface area contributed by atoms with Gasteiger partial charge in [0.1, 0.15) is 11.6 Å². The number of aliphatic imine (C=N–C) groups is 1. The van der Waals surface area contributed by atoms with Crippen LogP contribution in [0.2, 0.25) is 0 Å². The van der Waals surface area contributed by atoms with Gasteiger partial charge >= 0.3 is 0 Å². The molecule has 0 bridgehead atoms. The van der Waals surface area contributed by atoms with E-state index in [4.69, 9.17) is 0 Å². The molecule has 182 valence electrons. The molecule has 1 fully saturated rings. The molecule has 3 aromatic rings. The zero-order valence-electron chi connectivity index (χ0n) is 20.2. The number of benzene rings is 1. The van der Waals surface area contributed by atoms with Gasteiger partial charge in [-0.25, -0.2) is 14.5 Å². The first-order valence-electron chi connectivity index (χ1n) is 11.3. The predicted molar refractivity (Wildman–Crippen MR) is 138 cm³/mol. The second-order valence-corrected chi connectivity index (χ2v) is 8.45. The Morgan fingerprint density at radius 2 is 1.94 bits per heavy atom. The average Bonchev–Trinajstić information content (AvgIpc) is 3.25. The molecule has 1 aromatic carbocycles. The van der Waals surface area contributed by atoms with Gasteiger partial charge in [-0.15, -0.1) is 5.10 Å². The SMILES string of the molecule is C=N/C(=C\C=C(/C)N1CCNCC1)Nc1ncc2cc(C(=O)N(C)C)c(-c3ccc(O)cc3)n2n1. The number of carbonyl (C=O) groups excluding carboxylic acids is 1. The molecule has 1 aliphatic rings. The molecule has 2 aromatic heterocycles. The largest absolute Gasteiger partial charge is 0.508 e. The predicted octanol–water partition coefficient (Wildman–Crippen LogP) is 2.57. The van der Waals surface area contributed by atoms with E-state index in [-0.39, 0.29) is 11.7 Å². The van der Waals surface area contributed by atoms with Crippen LogP contribution in [0.1, 0.15) is 17.3 Å². The van der Waals surface area contributed by atoms with E-state index >= 15 is 0 Å². The third kappa shape index (κ3) is 5.33. The zero-order valence-corrected chi connectivity index (χ0v) is 20.2. The maximum absolute atomic E-state index is 12.9. The zero-order chi connectivity index (χ0) is 24.9. The number of anilines is 1. The smallest absolute Gasteiger partial charge is 0.255 e. The van der Waals surface area contributed by atoms with Crippen LogP contribution in [0.15, 0.2) is 65.2 Å². The van der Waals surface area contributed by atoms with E-state index in [0.717, 1.165) is 37.4 Å². The van der Waals surface area contributed by atoms with Crippen LogP contribution in [-0.4, -0.2) is 82.4 Å². The van der Waals surface area contributed by atoms with Crippen LogP contribution in [0.25, 0.3) is 16.8 Å². The fraction of sp³-hybridized carbons (Fsp3) is 0.280. The van der Waals surface area contributed by atoms with E-state index in [1.54, 1.807) is 55.1 Å². The van der Waals surface area contributed by atoms with E-state index in [1.165, 1.54) is 4.90 Å². The molecule has 4 rings (SSSR count). The van der Waals surface area contributed by atoms with Gasteiger partial charge in [-0.2, -0.15) is 0 Å². The van der Waals surface area contributed by atoms with Crippen molar-refractivity contribution in [3.8, 4) is 17.0 Å². The number of hydrogen-bond donors (Lipinski definition) is 3. The molecule has 0 spiro atoms. The van der Waals surface area contributed by atoms with Crippen molar-refractivity contribution in [2.24, 2.45) is 4.99 Å². The molecule has 3 N–H and O–H groups in total. The van der Waals surface area contributed by atoms with Crippen molar-refractivity contribution in [2.75, 3.05) is 45.6 Å². The molecule has 0 aliphatic carbocycles. The Balaban J connectivity index is 1.70. The first kappa shape index (κ1) is 24.0. The van der Waals surface area contributed by atoms with Crippen LogP contribution in [0.3, 0.4) is 0 Å². The summed E-state index contributed by atoms with van der Waals surface area (Å²) in [6.07, 6.45) is 5.48. The van der Waals surface area contributed by atoms with Gasteiger partial charge in [0.2, 0.25) is 5.95 Å². The first-order valence-corrected chi connectivity index (χ1v) is 11.3. The number of hydrogen-bond acceptors (Lipinski definition) is 8. The molecule has 0 radical (unpaired) electrons. The monoisotopic (exact) mass is 474 g/mol. The van der Waals surface area contributed by atoms with Gasteiger partial charge in [0.25, 0.3) is 5.91 Å². The minimum atomic E-state index is -0.157. The number of aromatic nitrogens is 3. The minimum Gasteiger partial charge on any atom is -0.508 e. The number of nitrogens with zero attached hydrogens (tertiary/aromatic N) is 6. The molecule has 1 aliphatic heterocycles. The van der Waals surface area contributed by atoms with Gasteiger partial charge in [0, 0.05) is 51.5 Å². The average molecular weight is 475 g/mol. The van der Waals surface area contributed by atoms with Crippen LogP contribution in [0.4, 0.5) is 5.95 Å². The van der Waals surface area contributed by atoms with Crippen LogP contribution < -0.4 is 10.6 Å². The lowest BCUT2D eigenvalue weighted by Gasteiger charge is -2.29. The summed E-state index contributed by atoms with van der Waals surface area (Å²) in [7, 11) is 3.40. The number of rotatable bonds is 7. The van der Waals surface area contributed by atoms with Crippen molar-refractivity contribution in [3.63, 3.8) is 0 Å². The summed E-state index contributed by atoms with van der Waals surface area (Å²) in [6.45, 7) is 9.58. The Morgan fingerprint density at radius 3 is 2.60 bits per heavy atom. The van der Waals surface area contributed by atoms with Gasteiger partial charge in [0.15, 0.2) is 0 Å². The second-order valence-electron chi connectivity index (χ2n) is 8.45. The number of piperazine rings is 1.